The maximum atomic E-state index is 13.7. The van der Waals surface area contributed by atoms with Gasteiger partial charge in [-0.2, -0.15) is 0 Å². The van der Waals surface area contributed by atoms with Crippen LogP contribution < -0.4 is 5.32 Å². The van der Waals surface area contributed by atoms with Crippen molar-refractivity contribution in [2.75, 3.05) is 11.9 Å². The maximum absolute atomic E-state index is 13.7. The van der Waals surface area contributed by atoms with Crippen LogP contribution >= 0.6 is 0 Å². The number of likely N-dealkylation sites (tertiary alicyclic amines) is 1. The van der Waals surface area contributed by atoms with Gasteiger partial charge in [0.25, 0.3) is 0 Å². The summed E-state index contributed by atoms with van der Waals surface area (Å²) in [5.74, 6) is -2.15. The molecule has 2 bridgehead atoms. The molecule has 2 atom stereocenters. The highest BCUT2D eigenvalue weighted by Gasteiger charge is 2.61. The number of benzene rings is 4. The first kappa shape index (κ1) is 21.7. The zero-order chi connectivity index (χ0) is 25.1. The van der Waals surface area contributed by atoms with E-state index in [0.717, 1.165) is 33.4 Å². The van der Waals surface area contributed by atoms with Crippen LogP contribution in [0.5, 0.6) is 0 Å². The lowest BCUT2D eigenvalue weighted by Crippen LogP contribution is -2.41. The lowest BCUT2D eigenvalue weighted by Gasteiger charge is -2.45. The van der Waals surface area contributed by atoms with Crippen molar-refractivity contribution in [1.29, 1.82) is 0 Å². The monoisotopic (exact) mass is 484 g/mol. The molecule has 1 fully saturated rings. The van der Waals surface area contributed by atoms with Gasteiger partial charge in [-0.3, -0.25) is 19.3 Å². The summed E-state index contributed by atoms with van der Waals surface area (Å²) in [6, 6.07) is 33.8. The molecule has 1 heterocycles. The predicted octanol–water partition coefficient (Wildman–Crippen LogP) is 5.18. The van der Waals surface area contributed by atoms with E-state index in [9.17, 15) is 14.4 Å². The van der Waals surface area contributed by atoms with Gasteiger partial charge in [0.15, 0.2) is 0 Å². The number of amides is 3. The van der Waals surface area contributed by atoms with Crippen LogP contribution in [0.3, 0.4) is 0 Å². The molecule has 3 aliphatic carbocycles. The van der Waals surface area contributed by atoms with Gasteiger partial charge >= 0.3 is 0 Å². The Balaban J connectivity index is 1.14. The third-order valence-corrected chi connectivity index (χ3v) is 8.12. The lowest BCUT2D eigenvalue weighted by atomic mass is 9.55. The second-order valence-electron chi connectivity index (χ2n) is 10.0. The number of nitrogens with zero attached hydrogens (tertiary/aromatic N) is 1. The highest BCUT2D eigenvalue weighted by molar-refractivity contribution is 6.10. The summed E-state index contributed by atoms with van der Waals surface area (Å²) in [5, 5.41) is 2.86. The third-order valence-electron chi connectivity index (χ3n) is 8.12. The SMILES string of the molecule is O=C(CN1C(=O)[C@@H]2C3c4ccccc4C(c4ccccc43)[C@@H]2C1=O)Nc1ccc(-c2ccccc2)cc1. The molecule has 8 rings (SSSR count). The Bertz CT molecular complexity index is 1450. The summed E-state index contributed by atoms with van der Waals surface area (Å²) in [7, 11) is 0. The Morgan fingerprint density at radius 2 is 1.03 bits per heavy atom. The molecule has 0 radical (unpaired) electrons. The molecule has 0 spiro atoms. The van der Waals surface area contributed by atoms with Crippen LogP contribution in [0.25, 0.3) is 11.1 Å². The largest absolute Gasteiger partial charge is 0.325 e. The molecule has 3 amide bonds. The first-order chi connectivity index (χ1) is 18.1. The number of carbonyl (C=O) groups excluding carboxylic acids is 3. The summed E-state index contributed by atoms with van der Waals surface area (Å²) < 4.78 is 0. The van der Waals surface area contributed by atoms with E-state index in [0.29, 0.717) is 5.69 Å². The molecule has 0 unspecified atom stereocenters. The van der Waals surface area contributed by atoms with E-state index in [4.69, 9.17) is 0 Å². The Morgan fingerprint density at radius 1 is 0.595 bits per heavy atom. The zero-order valence-electron chi connectivity index (χ0n) is 20.0. The Kier molecular flexibility index (Phi) is 4.86. The summed E-state index contributed by atoms with van der Waals surface area (Å²) in [5.41, 5.74) is 7.25. The van der Waals surface area contributed by atoms with Crippen molar-refractivity contribution in [2.24, 2.45) is 11.8 Å². The van der Waals surface area contributed by atoms with Crippen molar-refractivity contribution in [1.82, 2.24) is 4.90 Å². The number of hydrogen-bond acceptors (Lipinski definition) is 3. The predicted molar refractivity (Wildman–Crippen MR) is 141 cm³/mol. The van der Waals surface area contributed by atoms with Gasteiger partial charge in [0, 0.05) is 17.5 Å². The molecule has 180 valence electrons. The molecule has 0 aromatic heterocycles. The molecule has 4 aromatic carbocycles. The standard InChI is InChI=1S/C32H24N2O3/c35-26(33-21-16-14-20(15-17-21)19-8-2-1-3-9-19)18-34-31(36)29-27-22-10-4-5-11-23(22)28(30(29)32(34)37)25-13-7-6-12-24(25)27/h1-17,27-30H,18H2,(H,33,35)/t27?,28?,29-,30+. The van der Waals surface area contributed by atoms with Crippen molar-refractivity contribution < 1.29 is 14.4 Å². The number of hydrogen-bond donors (Lipinski definition) is 1. The average Bonchev–Trinajstić information content (AvgIpc) is 3.19. The summed E-state index contributed by atoms with van der Waals surface area (Å²) in [4.78, 5) is 41.5. The topological polar surface area (TPSA) is 66.5 Å². The van der Waals surface area contributed by atoms with Crippen LogP contribution in [-0.2, 0) is 14.4 Å². The molecule has 1 saturated heterocycles. The maximum Gasteiger partial charge on any atom is 0.244 e. The highest BCUT2D eigenvalue weighted by Crippen LogP contribution is 2.60. The number of carbonyl (C=O) groups is 3. The summed E-state index contributed by atoms with van der Waals surface area (Å²) in [6.45, 7) is -0.281. The van der Waals surface area contributed by atoms with Gasteiger partial charge in [-0.25, -0.2) is 0 Å². The molecular formula is C32H24N2O3. The molecular weight excluding hydrogens is 460 g/mol. The van der Waals surface area contributed by atoms with E-state index >= 15 is 0 Å². The fourth-order valence-electron chi connectivity index (χ4n) is 6.62. The first-order valence-electron chi connectivity index (χ1n) is 12.6. The van der Waals surface area contributed by atoms with Crippen molar-refractivity contribution in [2.45, 2.75) is 11.8 Å². The van der Waals surface area contributed by atoms with Crippen LogP contribution in [0, 0.1) is 11.8 Å². The van der Waals surface area contributed by atoms with Gasteiger partial charge in [0.1, 0.15) is 6.54 Å². The summed E-state index contributed by atoms with van der Waals surface area (Å²) >= 11 is 0. The van der Waals surface area contributed by atoms with E-state index in [1.165, 1.54) is 4.90 Å². The van der Waals surface area contributed by atoms with Gasteiger partial charge in [-0.15, -0.1) is 0 Å². The number of nitrogens with one attached hydrogen (secondary N) is 1. The molecule has 1 N–H and O–H groups in total. The Morgan fingerprint density at radius 3 is 1.51 bits per heavy atom. The lowest BCUT2D eigenvalue weighted by molar-refractivity contribution is -0.142. The van der Waals surface area contributed by atoms with Crippen LogP contribution in [-0.4, -0.2) is 29.2 Å². The van der Waals surface area contributed by atoms with Gasteiger partial charge in [-0.05, 0) is 45.5 Å². The molecule has 4 aromatic rings. The minimum absolute atomic E-state index is 0.169. The van der Waals surface area contributed by atoms with Crippen molar-refractivity contribution in [3.05, 3.63) is 125 Å². The van der Waals surface area contributed by atoms with Gasteiger partial charge in [0.2, 0.25) is 17.7 Å². The van der Waals surface area contributed by atoms with E-state index in [2.05, 4.69) is 29.6 Å². The highest BCUT2D eigenvalue weighted by atomic mass is 16.2. The van der Waals surface area contributed by atoms with Crippen LogP contribution in [0.1, 0.15) is 34.1 Å². The molecule has 0 saturated carbocycles. The minimum atomic E-state index is -0.472. The van der Waals surface area contributed by atoms with E-state index < -0.39 is 11.8 Å². The molecule has 5 nitrogen and oxygen atoms in total. The molecule has 4 aliphatic rings. The zero-order valence-corrected chi connectivity index (χ0v) is 20.0. The fraction of sp³-hybridized carbons (Fsp3) is 0.156. The minimum Gasteiger partial charge on any atom is -0.325 e. The second-order valence-corrected chi connectivity index (χ2v) is 10.0. The van der Waals surface area contributed by atoms with E-state index in [1.807, 2.05) is 78.9 Å². The van der Waals surface area contributed by atoms with Gasteiger partial charge in [-0.1, -0.05) is 91.0 Å². The van der Waals surface area contributed by atoms with Crippen molar-refractivity contribution in [3.63, 3.8) is 0 Å². The smallest absolute Gasteiger partial charge is 0.244 e. The molecule has 1 aliphatic heterocycles. The normalized spacial score (nSPS) is 22.9. The Labute approximate surface area is 214 Å². The number of anilines is 1. The van der Waals surface area contributed by atoms with Crippen LogP contribution in [0.4, 0.5) is 5.69 Å². The third kappa shape index (κ3) is 3.27. The first-order valence-corrected chi connectivity index (χ1v) is 12.6. The Hall–Kier alpha value is -4.51. The average molecular weight is 485 g/mol. The van der Waals surface area contributed by atoms with Gasteiger partial charge < -0.3 is 5.32 Å². The van der Waals surface area contributed by atoms with E-state index in [1.54, 1.807) is 0 Å². The second kappa shape index (κ2) is 8.27. The molecule has 37 heavy (non-hydrogen) atoms. The van der Waals surface area contributed by atoms with Crippen LogP contribution in [0.2, 0.25) is 0 Å². The number of rotatable bonds is 4. The van der Waals surface area contributed by atoms with Gasteiger partial charge in [0.05, 0.1) is 11.8 Å². The van der Waals surface area contributed by atoms with Crippen molar-refractivity contribution >= 4 is 23.4 Å². The van der Waals surface area contributed by atoms with Crippen molar-refractivity contribution in [3.8, 4) is 11.1 Å². The van der Waals surface area contributed by atoms with Crippen LogP contribution in [0.15, 0.2) is 103 Å². The fourth-order valence-corrected chi connectivity index (χ4v) is 6.62. The number of imide groups is 1. The molecule has 5 heteroatoms. The quantitative estimate of drug-likeness (QED) is 0.406. The van der Waals surface area contributed by atoms with E-state index in [-0.39, 0.29) is 36.1 Å². The summed E-state index contributed by atoms with van der Waals surface area (Å²) in [6.07, 6.45) is 0.